The van der Waals surface area contributed by atoms with E-state index in [9.17, 15) is 4.21 Å². The second-order valence-electron chi connectivity index (χ2n) is 6.50. The summed E-state index contributed by atoms with van der Waals surface area (Å²) in [5.41, 5.74) is 3.36. The molecule has 1 aliphatic rings. The normalized spacial score (nSPS) is 24.5. The molecule has 1 rings (SSSR count). The van der Waals surface area contributed by atoms with Crippen molar-refractivity contribution >= 4 is 10.8 Å². The summed E-state index contributed by atoms with van der Waals surface area (Å²) in [6.07, 6.45) is 1.02. The molecule has 0 amide bonds. The fraction of sp³-hybridized carbons (Fsp3) is 0.846. The van der Waals surface area contributed by atoms with Gasteiger partial charge in [-0.3, -0.25) is 4.21 Å². The second-order valence-corrected chi connectivity index (χ2v) is 8.07. The SMILES string of the molecule is CC(C)(C)C1=C(C(C)(C)C)CS(=O)CC1. The summed E-state index contributed by atoms with van der Waals surface area (Å²) >= 11 is 0. The van der Waals surface area contributed by atoms with E-state index in [0.29, 0.717) is 0 Å². The maximum Gasteiger partial charge on any atom is 0.0452 e. The van der Waals surface area contributed by atoms with E-state index in [-0.39, 0.29) is 10.8 Å². The van der Waals surface area contributed by atoms with Gasteiger partial charge in [0.25, 0.3) is 0 Å². The summed E-state index contributed by atoms with van der Waals surface area (Å²) in [7, 11) is -0.630. The molecule has 1 unspecified atom stereocenters. The largest absolute Gasteiger partial charge is 0.259 e. The smallest absolute Gasteiger partial charge is 0.0452 e. The first-order valence-electron chi connectivity index (χ1n) is 5.70. The Morgan fingerprint density at radius 2 is 1.40 bits per heavy atom. The average molecular weight is 228 g/mol. The van der Waals surface area contributed by atoms with Crippen molar-refractivity contribution in [3.05, 3.63) is 11.1 Å². The van der Waals surface area contributed by atoms with Gasteiger partial charge in [-0.05, 0) is 17.3 Å². The molecule has 1 nitrogen and oxygen atoms in total. The Bertz CT molecular complexity index is 299. The van der Waals surface area contributed by atoms with Crippen LogP contribution in [-0.2, 0) is 10.8 Å². The lowest BCUT2D eigenvalue weighted by atomic mass is 9.74. The molecule has 0 N–H and O–H groups in total. The van der Waals surface area contributed by atoms with Gasteiger partial charge >= 0.3 is 0 Å². The lowest BCUT2D eigenvalue weighted by molar-refractivity contribution is 0.431. The molecule has 0 spiro atoms. The van der Waals surface area contributed by atoms with Gasteiger partial charge in [0.2, 0.25) is 0 Å². The first-order chi connectivity index (χ1) is 6.62. The molecule has 0 saturated heterocycles. The van der Waals surface area contributed by atoms with Crippen molar-refractivity contribution in [3.63, 3.8) is 0 Å². The molecule has 0 bridgehead atoms. The van der Waals surface area contributed by atoms with Gasteiger partial charge in [0.15, 0.2) is 0 Å². The van der Waals surface area contributed by atoms with Gasteiger partial charge in [0.05, 0.1) is 0 Å². The van der Waals surface area contributed by atoms with Gasteiger partial charge in [-0.1, -0.05) is 52.7 Å². The Kier molecular flexibility index (Phi) is 3.49. The number of hydrogen-bond acceptors (Lipinski definition) is 1. The Morgan fingerprint density at radius 3 is 1.80 bits per heavy atom. The Hall–Kier alpha value is -0.110. The predicted molar refractivity (Wildman–Crippen MR) is 68.4 cm³/mol. The molecule has 1 aliphatic heterocycles. The van der Waals surface area contributed by atoms with Crippen LogP contribution in [0, 0.1) is 10.8 Å². The van der Waals surface area contributed by atoms with Crippen molar-refractivity contribution in [2.45, 2.75) is 48.0 Å². The zero-order chi connectivity index (χ0) is 11.9. The minimum Gasteiger partial charge on any atom is -0.259 e. The van der Waals surface area contributed by atoms with Gasteiger partial charge in [0, 0.05) is 22.3 Å². The molecular formula is C13H24OS. The summed E-state index contributed by atoms with van der Waals surface area (Å²) in [4.78, 5) is 0. The van der Waals surface area contributed by atoms with Crippen LogP contribution in [0.3, 0.4) is 0 Å². The van der Waals surface area contributed by atoms with Crippen molar-refractivity contribution in [3.8, 4) is 0 Å². The van der Waals surface area contributed by atoms with Crippen molar-refractivity contribution in [1.82, 2.24) is 0 Å². The van der Waals surface area contributed by atoms with Gasteiger partial charge in [-0.15, -0.1) is 0 Å². The molecule has 1 atom stereocenters. The Balaban J connectivity index is 3.19. The average Bonchev–Trinajstić information content (AvgIpc) is 2.00. The molecule has 0 radical (unpaired) electrons. The van der Waals surface area contributed by atoms with E-state index in [2.05, 4.69) is 41.5 Å². The van der Waals surface area contributed by atoms with Crippen LogP contribution >= 0.6 is 0 Å². The fourth-order valence-corrected chi connectivity index (χ4v) is 3.69. The quantitative estimate of drug-likeness (QED) is 0.580. The van der Waals surface area contributed by atoms with Crippen molar-refractivity contribution in [1.29, 1.82) is 0 Å². The maximum absolute atomic E-state index is 11.7. The highest BCUT2D eigenvalue weighted by Gasteiger charge is 2.31. The highest BCUT2D eigenvalue weighted by molar-refractivity contribution is 7.85. The summed E-state index contributed by atoms with van der Waals surface area (Å²) < 4.78 is 11.7. The van der Waals surface area contributed by atoms with E-state index in [0.717, 1.165) is 17.9 Å². The molecule has 0 aromatic heterocycles. The first-order valence-corrected chi connectivity index (χ1v) is 7.19. The summed E-state index contributed by atoms with van der Waals surface area (Å²) in [6.45, 7) is 13.5. The molecule has 88 valence electrons. The van der Waals surface area contributed by atoms with E-state index in [1.807, 2.05) is 0 Å². The molecular weight excluding hydrogens is 204 g/mol. The lowest BCUT2D eigenvalue weighted by Crippen LogP contribution is -2.28. The van der Waals surface area contributed by atoms with Crippen LogP contribution in [0.2, 0.25) is 0 Å². The standard InChI is InChI=1S/C13H24OS/c1-12(2,3)10-7-8-15(14)9-11(10)13(4,5)6/h7-9H2,1-6H3. The highest BCUT2D eigenvalue weighted by atomic mass is 32.2. The maximum atomic E-state index is 11.7. The zero-order valence-corrected chi connectivity index (χ0v) is 11.8. The van der Waals surface area contributed by atoms with Crippen LogP contribution in [0.25, 0.3) is 0 Å². The number of rotatable bonds is 0. The minimum atomic E-state index is -0.630. The van der Waals surface area contributed by atoms with E-state index in [1.54, 1.807) is 0 Å². The molecule has 0 fully saturated rings. The highest BCUT2D eigenvalue weighted by Crippen LogP contribution is 2.40. The Labute approximate surface area is 96.8 Å². The molecule has 2 heteroatoms. The monoisotopic (exact) mass is 228 g/mol. The van der Waals surface area contributed by atoms with Gasteiger partial charge in [-0.25, -0.2) is 0 Å². The van der Waals surface area contributed by atoms with E-state index >= 15 is 0 Å². The third kappa shape index (κ3) is 3.17. The van der Waals surface area contributed by atoms with Gasteiger partial charge in [0.1, 0.15) is 0 Å². The van der Waals surface area contributed by atoms with Crippen molar-refractivity contribution in [2.75, 3.05) is 11.5 Å². The van der Waals surface area contributed by atoms with Crippen LogP contribution in [0.4, 0.5) is 0 Å². The van der Waals surface area contributed by atoms with Crippen LogP contribution in [0.1, 0.15) is 48.0 Å². The van der Waals surface area contributed by atoms with Crippen LogP contribution in [0.5, 0.6) is 0 Å². The fourth-order valence-electron chi connectivity index (χ4n) is 2.18. The minimum absolute atomic E-state index is 0.165. The van der Waals surface area contributed by atoms with Crippen LogP contribution in [0.15, 0.2) is 11.1 Å². The van der Waals surface area contributed by atoms with Crippen LogP contribution in [-0.4, -0.2) is 15.7 Å². The van der Waals surface area contributed by atoms with Crippen molar-refractivity contribution in [2.24, 2.45) is 10.8 Å². The molecule has 0 aromatic rings. The second kappa shape index (κ2) is 4.04. The Morgan fingerprint density at radius 1 is 0.933 bits per heavy atom. The topological polar surface area (TPSA) is 17.1 Å². The molecule has 0 aliphatic carbocycles. The summed E-state index contributed by atoms with van der Waals surface area (Å²) in [6, 6.07) is 0. The molecule has 0 saturated carbocycles. The third-order valence-electron chi connectivity index (χ3n) is 3.06. The van der Waals surface area contributed by atoms with Crippen molar-refractivity contribution < 1.29 is 4.21 Å². The van der Waals surface area contributed by atoms with E-state index in [4.69, 9.17) is 0 Å². The number of hydrogen-bond donors (Lipinski definition) is 0. The lowest BCUT2D eigenvalue weighted by Gasteiger charge is -2.36. The van der Waals surface area contributed by atoms with E-state index in [1.165, 1.54) is 11.1 Å². The predicted octanol–water partition coefficient (Wildman–Crippen LogP) is 3.53. The van der Waals surface area contributed by atoms with E-state index < -0.39 is 10.8 Å². The number of allylic oxidation sites excluding steroid dienone is 1. The third-order valence-corrected chi connectivity index (χ3v) is 4.33. The summed E-state index contributed by atoms with van der Waals surface area (Å²) in [5, 5.41) is 0. The van der Waals surface area contributed by atoms with Gasteiger partial charge < -0.3 is 0 Å². The molecule has 1 heterocycles. The molecule has 15 heavy (non-hydrogen) atoms. The van der Waals surface area contributed by atoms with Crippen LogP contribution < -0.4 is 0 Å². The zero-order valence-electron chi connectivity index (χ0n) is 10.9. The molecule has 0 aromatic carbocycles. The summed E-state index contributed by atoms with van der Waals surface area (Å²) in [5.74, 6) is 1.64. The first kappa shape index (κ1) is 13.0. The van der Waals surface area contributed by atoms with Gasteiger partial charge in [-0.2, -0.15) is 0 Å².